The summed E-state index contributed by atoms with van der Waals surface area (Å²) in [5, 5.41) is 0. The quantitative estimate of drug-likeness (QED) is 0.832. The van der Waals surface area contributed by atoms with Crippen molar-refractivity contribution in [3.05, 3.63) is 59.7 Å². The van der Waals surface area contributed by atoms with Crippen molar-refractivity contribution in [3.63, 3.8) is 0 Å². The van der Waals surface area contributed by atoms with E-state index in [2.05, 4.69) is 5.48 Å². The highest BCUT2D eigenvalue weighted by Crippen LogP contribution is 2.42. The molecule has 1 aliphatic rings. The zero-order chi connectivity index (χ0) is 13.9. The van der Waals surface area contributed by atoms with Crippen LogP contribution in [0.1, 0.15) is 17.2 Å². The molecule has 0 aromatic heterocycles. The van der Waals surface area contributed by atoms with Crippen molar-refractivity contribution in [2.45, 2.75) is 6.04 Å². The number of hydroxylamine groups is 1. The summed E-state index contributed by atoms with van der Waals surface area (Å²) in [5.74, 6) is 1.02. The van der Waals surface area contributed by atoms with Gasteiger partial charge in [-0.3, -0.25) is 9.63 Å². The fourth-order valence-corrected chi connectivity index (χ4v) is 2.23. The first-order chi connectivity index (χ1) is 9.75. The first-order valence-corrected chi connectivity index (χ1v) is 6.27. The standard InChI is InChI=1S/C15H14N2O3/c16-14(18)9-19-17-15-10-5-1-3-7-12(10)20-13-8-4-2-6-11(13)15/h1-8,15,17H,9H2,(H2,16,18). The van der Waals surface area contributed by atoms with E-state index in [1.54, 1.807) is 0 Å². The molecule has 0 unspecified atom stereocenters. The van der Waals surface area contributed by atoms with Crippen LogP contribution in [0.5, 0.6) is 11.5 Å². The highest BCUT2D eigenvalue weighted by molar-refractivity contribution is 5.74. The van der Waals surface area contributed by atoms with Gasteiger partial charge in [-0.05, 0) is 12.1 Å². The molecule has 0 spiro atoms. The summed E-state index contributed by atoms with van der Waals surface area (Å²) < 4.78 is 5.85. The van der Waals surface area contributed by atoms with Crippen molar-refractivity contribution in [2.24, 2.45) is 5.73 Å². The van der Waals surface area contributed by atoms with E-state index in [4.69, 9.17) is 15.3 Å². The zero-order valence-corrected chi connectivity index (χ0v) is 10.7. The Morgan fingerprint density at radius 3 is 2.20 bits per heavy atom. The minimum absolute atomic E-state index is 0.179. The van der Waals surface area contributed by atoms with Crippen LogP contribution in [-0.4, -0.2) is 12.5 Å². The average Bonchev–Trinajstić information content (AvgIpc) is 2.46. The topological polar surface area (TPSA) is 73.6 Å². The lowest BCUT2D eigenvalue weighted by molar-refractivity contribution is -0.125. The highest BCUT2D eigenvalue weighted by atomic mass is 16.6. The molecule has 2 aromatic rings. The van der Waals surface area contributed by atoms with Crippen molar-refractivity contribution >= 4 is 5.91 Å². The third kappa shape index (κ3) is 2.36. The molecular weight excluding hydrogens is 256 g/mol. The van der Waals surface area contributed by atoms with Crippen LogP contribution in [-0.2, 0) is 9.63 Å². The van der Waals surface area contributed by atoms with Gasteiger partial charge in [0.05, 0.1) is 6.04 Å². The lowest BCUT2D eigenvalue weighted by Gasteiger charge is -2.28. The van der Waals surface area contributed by atoms with Gasteiger partial charge >= 0.3 is 0 Å². The number of hydrogen-bond donors (Lipinski definition) is 2. The SMILES string of the molecule is NC(=O)CONC1c2ccccc2Oc2ccccc21. The molecule has 102 valence electrons. The van der Waals surface area contributed by atoms with Gasteiger partial charge in [-0.25, -0.2) is 0 Å². The van der Waals surface area contributed by atoms with Crippen LogP contribution in [0.25, 0.3) is 0 Å². The van der Waals surface area contributed by atoms with Gasteiger partial charge < -0.3 is 10.5 Å². The van der Waals surface area contributed by atoms with Gasteiger partial charge in [-0.1, -0.05) is 36.4 Å². The largest absolute Gasteiger partial charge is 0.457 e. The Bertz CT molecular complexity index is 597. The molecule has 0 saturated carbocycles. The maximum Gasteiger partial charge on any atom is 0.245 e. The highest BCUT2D eigenvalue weighted by Gasteiger charge is 2.26. The number of carbonyl (C=O) groups is 1. The van der Waals surface area contributed by atoms with Gasteiger partial charge in [-0.2, -0.15) is 5.48 Å². The number of nitrogens with two attached hydrogens (primary N) is 1. The number of benzene rings is 2. The zero-order valence-electron chi connectivity index (χ0n) is 10.7. The number of carbonyl (C=O) groups excluding carboxylic acids is 1. The summed E-state index contributed by atoms with van der Waals surface area (Å²) in [6.45, 7) is -0.179. The van der Waals surface area contributed by atoms with Crippen LogP contribution in [0.15, 0.2) is 48.5 Å². The summed E-state index contributed by atoms with van der Waals surface area (Å²) in [5.41, 5.74) is 9.86. The molecule has 1 aliphatic heterocycles. The lowest BCUT2D eigenvalue weighted by atomic mass is 9.95. The van der Waals surface area contributed by atoms with Crippen LogP contribution >= 0.6 is 0 Å². The molecule has 0 radical (unpaired) electrons. The Balaban J connectivity index is 1.93. The molecule has 5 heteroatoms. The smallest absolute Gasteiger partial charge is 0.245 e. The molecule has 20 heavy (non-hydrogen) atoms. The van der Waals surface area contributed by atoms with Crippen molar-refractivity contribution < 1.29 is 14.4 Å². The molecule has 0 atom stereocenters. The molecule has 0 fully saturated rings. The van der Waals surface area contributed by atoms with Crippen LogP contribution in [0, 0.1) is 0 Å². The van der Waals surface area contributed by atoms with Gasteiger partial charge in [0.25, 0.3) is 0 Å². The number of primary amides is 1. The van der Waals surface area contributed by atoms with Crippen LogP contribution in [0.2, 0.25) is 0 Å². The van der Waals surface area contributed by atoms with Gasteiger partial charge in [0.1, 0.15) is 18.1 Å². The molecule has 0 aliphatic carbocycles. The van der Waals surface area contributed by atoms with E-state index >= 15 is 0 Å². The normalized spacial score (nSPS) is 13.2. The lowest BCUT2D eigenvalue weighted by Crippen LogP contribution is -2.30. The number of rotatable bonds is 4. The second-order valence-corrected chi connectivity index (χ2v) is 4.48. The molecule has 1 amide bonds. The summed E-state index contributed by atoms with van der Waals surface area (Å²) in [7, 11) is 0. The van der Waals surface area contributed by atoms with E-state index in [-0.39, 0.29) is 12.6 Å². The number of nitrogens with one attached hydrogen (secondary N) is 1. The molecule has 2 aromatic carbocycles. The van der Waals surface area contributed by atoms with E-state index in [0.29, 0.717) is 0 Å². The Morgan fingerprint density at radius 1 is 1.10 bits per heavy atom. The Labute approximate surface area is 116 Å². The number of amides is 1. The molecule has 0 bridgehead atoms. The van der Waals surface area contributed by atoms with Crippen molar-refractivity contribution in [1.29, 1.82) is 0 Å². The third-order valence-corrected chi connectivity index (χ3v) is 3.10. The Morgan fingerprint density at radius 2 is 1.65 bits per heavy atom. The Hall–Kier alpha value is -2.37. The predicted molar refractivity (Wildman–Crippen MR) is 73.1 cm³/mol. The fourth-order valence-electron chi connectivity index (χ4n) is 2.23. The summed E-state index contributed by atoms with van der Waals surface area (Å²) in [6.07, 6.45) is 0. The van der Waals surface area contributed by atoms with E-state index in [0.717, 1.165) is 22.6 Å². The summed E-state index contributed by atoms with van der Waals surface area (Å²) in [6, 6.07) is 15.2. The summed E-state index contributed by atoms with van der Waals surface area (Å²) in [4.78, 5) is 15.9. The monoisotopic (exact) mass is 270 g/mol. The number of para-hydroxylation sites is 2. The number of fused-ring (bicyclic) bond motifs is 2. The first-order valence-electron chi connectivity index (χ1n) is 6.27. The van der Waals surface area contributed by atoms with E-state index in [9.17, 15) is 4.79 Å². The van der Waals surface area contributed by atoms with Gasteiger partial charge in [0.15, 0.2) is 0 Å². The van der Waals surface area contributed by atoms with Crippen LogP contribution in [0.3, 0.4) is 0 Å². The van der Waals surface area contributed by atoms with Gasteiger partial charge in [0, 0.05) is 11.1 Å². The minimum atomic E-state index is -0.522. The van der Waals surface area contributed by atoms with E-state index in [1.165, 1.54) is 0 Å². The second kappa shape index (κ2) is 5.32. The van der Waals surface area contributed by atoms with E-state index in [1.807, 2.05) is 48.5 Å². The molecule has 5 nitrogen and oxygen atoms in total. The molecule has 1 heterocycles. The molecular formula is C15H14N2O3. The third-order valence-electron chi connectivity index (χ3n) is 3.10. The summed E-state index contributed by atoms with van der Waals surface area (Å²) >= 11 is 0. The molecule has 3 N–H and O–H groups in total. The van der Waals surface area contributed by atoms with Crippen LogP contribution < -0.4 is 16.0 Å². The van der Waals surface area contributed by atoms with Crippen molar-refractivity contribution in [2.75, 3.05) is 6.61 Å². The minimum Gasteiger partial charge on any atom is -0.457 e. The fraction of sp³-hybridized carbons (Fsp3) is 0.133. The van der Waals surface area contributed by atoms with Gasteiger partial charge in [-0.15, -0.1) is 0 Å². The van der Waals surface area contributed by atoms with Crippen LogP contribution in [0.4, 0.5) is 0 Å². The number of ether oxygens (including phenoxy) is 1. The first kappa shape index (κ1) is 12.7. The predicted octanol–water partition coefficient (Wildman–Crippen LogP) is 1.89. The van der Waals surface area contributed by atoms with Crippen molar-refractivity contribution in [3.8, 4) is 11.5 Å². The molecule has 0 saturated heterocycles. The second-order valence-electron chi connectivity index (χ2n) is 4.48. The van der Waals surface area contributed by atoms with Gasteiger partial charge in [0.2, 0.25) is 5.91 Å². The average molecular weight is 270 g/mol. The maximum absolute atomic E-state index is 10.8. The molecule has 3 rings (SSSR count). The number of hydrogen-bond acceptors (Lipinski definition) is 4. The Kier molecular flexibility index (Phi) is 3.37. The van der Waals surface area contributed by atoms with E-state index < -0.39 is 5.91 Å². The maximum atomic E-state index is 10.8. The van der Waals surface area contributed by atoms with Crippen molar-refractivity contribution in [1.82, 2.24) is 5.48 Å².